The van der Waals surface area contributed by atoms with Gasteiger partial charge in [-0.2, -0.15) is 0 Å². The normalized spacial score (nSPS) is 18.9. The third kappa shape index (κ3) is 4.22. The van der Waals surface area contributed by atoms with Crippen LogP contribution in [0.2, 0.25) is 0 Å². The number of hydrogen-bond acceptors (Lipinski definition) is 3. The molecule has 3 nitrogen and oxygen atoms in total. The van der Waals surface area contributed by atoms with Crippen molar-refractivity contribution in [2.45, 2.75) is 38.7 Å². The lowest BCUT2D eigenvalue weighted by molar-refractivity contribution is 0.0878. The molecule has 112 valence electrons. The fourth-order valence-electron chi connectivity index (χ4n) is 3.06. The number of rotatable bonds is 6. The fraction of sp³-hybridized carbons (Fsp3) is 0.647. The van der Waals surface area contributed by atoms with E-state index in [1.807, 2.05) is 24.3 Å². The van der Waals surface area contributed by atoms with Crippen molar-refractivity contribution in [2.24, 2.45) is 5.92 Å². The molecule has 0 radical (unpaired) electrons. The summed E-state index contributed by atoms with van der Waals surface area (Å²) in [6.07, 6.45) is 4.77. The highest BCUT2D eigenvalue weighted by Crippen LogP contribution is 2.24. The van der Waals surface area contributed by atoms with E-state index in [0.29, 0.717) is 0 Å². The molecule has 0 amide bonds. The molecule has 0 bridgehead atoms. The number of benzene rings is 1. The summed E-state index contributed by atoms with van der Waals surface area (Å²) in [6.45, 7) is 5.22. The van der Waals surface area contributed by atoms with Gasteiger partial charge in [-0.05, 0) is 49.5 Å². The molecule has 1 saturated heterocycles. The Balaban J connectivity index is 1.84. The third-order valence-electron chi connectivity index (χ3n) is 4.31. The van der Waals surface area contributed by atoms with Crippen molar-refractivity contribution in [1.82, 2.24) is 4.90 Å². The van der Waals surface area contributed by atoms with Gasteiger partial charge in [0.2, 0.25) is 0 Å². The molecule has 1 aromatic carbocycles. The molecule has 1 aliphatic heterocycles. The average Bonchev–Trinajstić information content (AvgIpc) is 2.49. The van der Waals surface area contributed by atoms with Gasteiger partial charge in [-0.1, -0.05) is 31.9 Å². The molecule has 3 heteroatoms. The third-order valence-corrected chi connectivity index (χ3v) is 4.31. The van der Waals surface area contributed by atoms with Gasteiger partial charge in [-0.3, -0.25) is 0 Å². The molecule has 0 aliphatic carbocycles. The number of aliphatic hydroxyl groups is 1. The first-order chi connectivity index (χ1) is 9.72. The second-order valence-electron chi connectivity index (χ2n) is 5.83. The van der Waals surface area contributed by atoms with Crippen LogP contribution in [0.3, 0.4) is 0 Å². The van der Waals surface area contributed by atoms with Crippen LogP contribution in [0.5, 0.6) is 5.75 Å². The second-order valence-corrected chi connectivity index (χ2v) is 5.83. The molecule has 1 N–H and O–H groups in total. The van der Waals surface area contributed by atoms with Gasteiger partial charge >= 0.3 is 0 Å². The summed E-state index contributed by atoms with van der Waals surface area (Å²) in [4.78, 5) is 2.39. The quantitative estimate of drug-likeness (QED) is 0.866. The van der Waals surface area contributed by atoms with E-state index in [2.05, 4.69) is 11.8 Å². The van der Waals surface area contributed by atoms with Crippen molar-refractivity contribution in [3.63, 3.8) is 0 Å². The van der Waals surface area contributed by atoms with Crippen LogP contribution in [0.4, 0.5) is 0 Å². The minimum Gasteiger partial charge on any atom is -0.497 e. The van der Waals surface area contributed by atoms with E-state index in [4.69, 9.17) is 4.74 Å². The van der Waals surface area contributed by atoms with Gasteiger partial charge in [0.05, 0.1) is 13.2 Å². The lowest BCUT2D eigenvalue weighted by atomic mass is 9.92. The largest absolute Gasteiger partial charge is 0.497 e. The highest BCUT2D eigenvalue weighted by atomic mass is 16.5. The number of β-amino-alcohol motifs (C(OH)–C–C–N with tert-alkyl or cyclic N) is 1. The number of ether oxygens (including phenoxy) is 1. The van der Waals surface area contributed by atoms with E-state index in [1.165, 1.54) is 25.7 Å². The average molecular weight is 277 g/mol. The molecule has 1 heterocycles. The van der Waals surface area contributed by atoms with Gasteiger partial charge in [0.1, 0.15) is 5.75 Å². The number of hydrogen-bond donors (Lipinski definition) is 1. The monoisotopic (exact) mass is 277 g/mol. The number of methoxy groups -OCH3 is 1. The van der Waals surface area contributed by atoms with E-state index in [-0.39, 0.29) is 0 Å². The predicted molar refractivity (Wildman–Crippen MR) is 82.0 cm³/mol. The van der Waals surface area contributed by atoms with E-state index in [9.17, 15) is 5.11 Å². The van der Waals surface area contributed by atoms with Crippen molar-refractivity contribution < 1.29 is 9.84 Å². The summed E-state index contributed by atoms with van der Waals surface area (Å²) in [7, 11) is 1.66. The molecule has 20 heavy (non-hydrogen) atoms. The molecule has 1 atom stereocenters. The van der Waals surface area contributed by atoms with Crippen LogP contribution < -0.4 is 4.74 Å². The highest BCUT2D eigenvalue weighted by molar-refractivity contribution is 5.29. The summed E-state index contributed by atoms with van der Waals surface area (Å²) < 4.78 is 5.21. The molecule has 0 spiro atoms. The maximum Gasteiger partial charge on any atom is 0.119 e. The summed E-state index contributed by atoms with van der Waals surface area (Å²) in [5.41, 5.74) is 0.944. The van der Waals surface area contributed by atoms with Gasteiger partial charge < -0.3 is 14.7 Å². The van der Waals surface area contributed by atoms with Crippen LogP contribution in [0.25, 0.3) is 0 Å². The first-order valence-corrected chi connectivity index (χ1v) is 7.77. The summed E-state index contributed by atoms with van der Waals surface area (Å²) >= 11 is 0. The number of piperidine rings is 1. The molecule has 1 unspecified atom stereocenters. The van der Waals surface area contributed by atoms with E-state index < -0.39 is 6.10 Å². The molecular weight excluding hydrogens is 250 g/mol. The van der Waals surface area contributed by atoms with Crippen molar-refractivity contribution in [3.8, 4) is 5.75 Å². The zero-order valence-electron chi connectivity index (χ0n) is 12.7. The van der Waals surface area contributed by atoms with Crippen molar-refractivity contribution in [3.05, 3.63) is 29.8 Å². The van der Waals surface area contributed by atoms with Gasteiger partial charge in [0, 0.05) is 6.54 Å². The Bertz CT molecular complexity index is 400. The molecule has 0 aromatic heterocycles. The van der Waals surface area contributed by atoms with E-state index >= 15 is 0 Å². The highest BCUT2D eigenvalue weighted by Gasteiger charge is 2.21. The Morgan fingerprint density at radius 1 is 1.35 bits per heavy atom. The molecular formula is C17H27NO2. The van der Waals surface area contributed by atoms with Crippen LogP contribution in [0.15, 0.2) is 24.3 Å². The first-order valence-electron chi connectivity index (χ1n) is 7.77. The zero-order chi connectivity index (χ0) is 14.4. The van der Waals surface area contributed by atoms with Gasteiger partial charge in [0.15, 0.2) is 0 Å². The maximum atomic E-state index is 10.4. The van der Waals surface area contributed by atoms with E-state index in [0.717, 1.165) is 36.9 Å². The van der Waals surface area contributed by atoms with Gasteiger partial charge in [-0.15, -0.1) is 0 Å². The molecule has 0 saturated carbocycles. The Morgan fingerprint density at radius 3 is 2.75 bits per heavy atom. The Labute approximate surface area is 122 Å². The standard InChI is InChI=1S/C17H27NO2/c1-3-5-14-8-10-18(11-9-14)13-17(19)15-6-4-7-16(12-15)20-2/h4,6-7,12,14,17,19H,3,5,8-11,13H2,1-2H3. The second kappa shape index (κ2) is 7.65. The number of aliphatic hydroxyl groups excluding tert-OH is 1. The van der Waals surface area contributed by atoms with Gasteiger partial charge in [-0.25, -0.2) is 0 Å². The van der Waals surface area contributed by atoms with Gasteiger partial charge in [0.25, 0.3) is 0 Å². The Hall–Kier alpha value is -1.06. The number of nitrogens with zero attached hydrogens (tertiary/aromatic N) is 1. The zero-order valence-corrected chi connectivity index (χ0v) is 12.7. The van der Waals surface area contributed by atoms with Crippen LogP contribution in [-0.4, -0.2) is 36.8 Å². The van der Waals surface area contributed by atoms with Crippen molar-refractivity contribution >= 4 is 0 Å². The summed E-state index contributed by atoms with van der Waals surface area (Å²) in [5, 5.41) is 10.4. The topological polar surface area (TPSA) is 32.7 Å². The molecule has 1 aromatic rings. The summed E-state index contributed by atoms with van der Waals surface area (Å²) in [6, 6.07) is 7.74. The summed E-state index contributed by atoms with van der Waals surface area (Å²) in [5.74, 6) is 1.70. The lowest BCUT2D eigenvalue weighted by Gasteiger charge is -2.33. The SMILES string of the molecule is CCCC1CCN(CC(O)c2cccc(OC)c2)CC1. The van der Waals surface area contributed by atoms with Crippen molar-refractivity contribution in [2.75, 3.05) is 26.7 Å². The van der Waals surface area contributed by atoms with Crippen LogP contribution >= 0.6 is 0 Å². The molecule has 2 rings (SSSR count). The maximum absolute atomic E-state index is 10.4. The first kappa shape index (κ1) is 15.3. The Kier molecular flexibility index (Phi) is 5.86. The predicted octanol–water partition coefficient (Wildman–Crippen LogP) is 3.24. The minimum atomic E-state index is -0.423. The smallest absolute Gasteiger partial charge is 0.119 e. The van der Waals surface area contributed by atoms with Crippen molar-refractivity contribution in [1.29, 1.82) is 0 Å². The lowest BCUT2D eigenvalue weighted by Crippen LogP contribution is -2.36. The molecule has 1 fully saturated rings. The fourth-order valence-corrected chi connectivity index (χ4v) is 3.06. The van der Waals surface area contributed by atoms with E-state index in [1.54, 1.807) is 7.11 Å². The van der Waals surface area contributed by atoms with Crippen LogP contribution in [-0.2, 0) is 0 Å². The Morgan fingerprint density at radius 2 is 2.10 bits per heavy atom. The molecule has 1 aliphatic rings. The van der Waals surface area contributed by atoms with Crippen LogP contribution in [0, 0.1) is 5.92 Å². The van der Waals surface area contributed by atoms with Crippen LogP contribution in [0.1, 0.15) is 44.3 Å². The number of likely N-dealkylation sites (tertiary alicyclic amines) is 1. The minimum absolute atomic E-state index is 0.423.